The summed E-state index contributed by atoms with van der Waals surface area (Å²) in [5.74, 6) is -1.01. The van der Waals surface area contributed by atoms with Crippen LogP contribution in [0.2, 0.25) is 0 Å². The molecule has 0 saturated carbocycles. The SMILES string of the molecule is O=C(O)c1cnc(-c2ccc(F)cc2)[nH]1. The molecule has 0 radical (unpaired) electrons. The minimum atomic E-state index is -1.07. The number of nitrogens with one attached hydrogen (secondary N) is 1. The summed E-state index contributed by atoms with van der Waals surface area (Å²) in [4.78, 5) is 17.1. The molecule has 2 rings (SSSR count). The molecule has 15 heavy (non-hydrogen) atoms. The molecule has 0 fully saturated rings. The molecule has 0 spiro atoms. The predicted molar refractivity (Wildman–Crippen MR) is 50.9 cm³/mol. The lowest BCUT2D eigenvalue weighted by Gasteiger charge is -1.95. The fraction of sp³-hybridized carbons (Fsp3) is 0. The van der Waals surface area contributed by atoms with Gasteiger partial charge >= 0.3 is 5.97 Å². The second kappa shape index (κ2) is 3.53. The van der Waals surface area contributed by atoms with Crippen molar-refractivity contribution in [2.24, 2.45) is 0 Å². The Balaban J connectivity index is 2.37. The highest BCUT2D eigenvalue weighted by atomic mass is 19.1. The van der Waals surface area contributed by atoms with E-state index < -0.39 is 5.97 Å². The molecule has 0 atom stereocenters. The van der Waals surface area contributed by atoms with Gasteiger partial charge in [-0.2, -0.15) is 0 Å². The molecule has 1 aromatic heterocycles. The van der Waals surface area contributed by atoms with Crippen LogP contribution < -0.4 is 0 Å². The summed E-state index contributed by atoms with van der Waals surface area (Å²) in [6.45, 7) is 0. The molecule has 0 saturated heterocycles. The van der Waals surface area contributed by atoms with Crippen molar-refractivity contribution in [2.45, 2.75) is 0 Å². The monoisotopic (exact) mass is 206 g/mol. The van der Waals surface area contributed by atoms with Gasteiger partial charge in [0.05, 0.1) is 6.20 Å². The Morgan fingerprint density at radius 1 is 1.33 bits per heavy atom. The van der Waals surface area contributed by atoms with Crippen molar-refractivity contribution in [3.63, 3.8) is 0 Å². The van der Waals surface area contributed by atoms with Crippen molar-refractivity contribution >= 4 is 5.97 Å². The van der Waals surface area contributed by atoms with Gasteiger partial charge in [-0.25, -0.2) is 14.2 Å². The molecule has 0 aliphatic carbocycles. The van der Waals surface area contributed by atoms with Gasteiger partial charge in [-0.05, 0) is 24.3 Å². The second-order valence-corrected chi connectivity index (χ2v) is 2.96. The van der Waals surface area contributed by atoms with E-state index in [9.17, 15) is 9.18 Å². The summed E-state index contributed by atoms with van der Waals surface area (Å²) >= 11 is 0. The van der Waals surface area contributed by atoms with E-state index in [2.05, 4.69) is 9.97 Å². The number of aromatic carboxylic acids is 1. The molecule has 0 aliphatic rings. The van der Waals surface area contributed by atoms with Crippen LogP contribution in [0.5, 0.6) is 0 Å². The summed E-state index contributed by atoms with van der Waals surface area (Å²) in [6.07, 6.45) is 1.22. The van der Waals surface area contributed by atoms with Gasteiger partial charge in [0.1, 0.15) is 17.3 Å². The van der Waals surface area contributed by atoms with Crippen molar-refractivity contribution in [1.82, 2.24) is 9.97 Å². The zero-order chi connectivity index (χ0) is 10.8. The summed E-state index contributed by atoms with van der Waals surface area (Å²) in [7, 11) is 0. The minimum Gasteiger partial charge on any atom is -0.477 e. The van der Waals surface area contributed by atoms with Gasteiger partial charge in [0.2, 0.25) is 0 Å². The molecule has 0 amide bonds. The average Bonchev–Trinajstić information content (AvgIpc) is 2.68. The number of hydrogen-bond acceptors (Lipinski definition) is 2. The zero-order valence-corrected chi connectivity index (χ0v) is 7.57. The van der Waals surface area contributed by atoms with Crippen molar-refractivity contribution in [1.29, 1.82) is 0 Å². The van der Waals surface area contributed by atoms with Crippen LogP contribution in [0.1, 0.15) is 10.5 Å². The van der Waals surface area contributed by atoms with E-state index in [0.717, 1.165) is 0 Å². The third kappa shape index (κ3) is 1.85. The van der Waals surface area contributed by atoms with Crippen LogP contribution in [0.25, 0.3) is 11.4 Å². The van der Waals surface area contributed by atoms with Crippen LogP contribution in [-0.2, 0) is 0 Å². The number of carbonyl (C=O) groups is 1. The third-order valence-corrected chi connectivity index (χ3v) is 1.92. The Labute approximate surface area is 84.4 Å². The number of aromatic amines is 1. The van der Waals surface area contributed by atoms with Crippen molar-refractivity contribution in [2.75, 3.05) is 0 Å². The van der Waals surface area contributed by atoms with Gasteiger partial charge in [0.15, 0.2) is 0 Å². The molecule has 4 nitrogen and oxygen atoms in total. The van der Waals surface area contributed by atoms with Gasteiger partial charge in [0.25, 0.3) is 0 Å². The van der Waals surface area contributed by atoms with Crippen LogP contribution in [-0.4, -0.2) is 21.0 Å². The average molecular weight is 206 g/mol. The number of aromatic nitrogens is 2. The van der Waals surface area contributed by atoms with E-state index in [4.69, 9.17) is 5.11 Å². The number of halogens is 1. The van der Waals surface area contributed by atoms with E-state index in [1.165, 1.54) is 30.5 Å². The first-order valence-electron chi connectivity index (χ1n) is 4.21. The number of rotatable bonds is 2. The van der Waals surface area contributed by atoms with Crippen LogP contribution >= 0.6 is 0 Å². The molecular weight excluding hydrogens is 199 g/mol. The maximum atomic E-state index is 12.6. The normalized spacial score (nSPS) is 10.2. The quantitative estimate of drug-likeness (QED) is 0.788. The van der Waals surface area contributed by atoms with Crippen molar-refractivity contribution in [3.05, 3.63) is 42.0 Å². The largest absolute Gasteiger partial charge is 0.477 e. The number of benzene rings is 1. The molecule has 0 unspecified atom stereocenters. The number of imidazole rings is 1. The standard InChI is InChI=1S/C10H7FN2O2/c11-7-3-1-6(2-4-7)9-12-5-8(13-9)10(14)15/h1-5H,(H,12,13)(H,14,15). The molecule has 76 valence electrons. The smallest absolute Gasteiger partial charge is 0.353 e. The van der Waals surface area contributed by atoms with Gasteiger partial charge in [-0.15, -0.1) is 0 Å². The Hall–Kier alpha value is -2.17. The Kier molecular flexibility index (Phi) is 2.21. The highest BCUT2D eigenvalue weighted by Crippen LogP contribution is 2.15. The zero-order valence-electron chi connectivity index (χ0n) is 7.57. The second-order valence-electron chi connectivity index (χ2n) is 2.96. The summed E-state index contributed by atoms with van der Waals surface area (Å²) in [5.41, 5.74) is 0.651. The lowest BCUT2D eigenvalue weighted by Crippen LogP contribution is -1.95. The molecule has 2 N–H and O–H groups in total. The molecule has 1 aromatic carbocycles. The number of H-pyrrole nitrogens is 1. The van der Waals surface area contributed by atoms with E-state index in [-0.39, 0.29) is 11.5 Å². The van der Waals surface area contributed by atoms with E-state index in [0.29, 0.717) is 11.4 Å². The van der Waals surface area contributed by atoms with Crippen molar-refractivity contribution < 1.29 is 14.3 Å². The highest BCUT2D eigenvalue weighted by molar-refractivity contribution is 5.85. The first kappa shape index (κ1) is 9.39. The molecule has 2 aromatic rings. The number of carboxylic acid groups (broad SMARTS) is 1. The topological polar surface area (TPSA) is 66.0 Å². The minimum absolute atomic E-state index is 0.00863. The lowest BCUT2D eigenvalue weighted by molar-refractivity contribution is 0.0691. The van der Waals surface area contributed by atoms with E-state index >= 15 is 0 Å². The first-order valence-corrected chi connectivity index (χ1v) is 4.21. The Morgan fingerprint density at radius 2 is 2.00 bits per heavy atom. The molecule has 0 bridgehead atoms. The van der Waals surface area contributed by atoms with Crippen molar-refractivity contribution in [3.8, 4) is 11.4 Å². The molecule has 0 aliphatic heterocycles. The van der Waals surface area contributed by atoms with E-state index in [1.807, 2.05) is 0 Å². The van der Waals surface area contributed by atoms with Crippen LogP contribution in [0.15, 0.2) is 30.5 Å². The lowest BCUT2D eigenvalue weighted by atomic mass is 10.2. The van der Waals surface area contributed by atoms with Crippen LogP contribution in [0.4, 0.5) is 4.39 Å². The van der Waals surface area contributed by atoms with Crippen LogP contribution in [0.3, 0.4) is 0 Å². The maximum absolute atomic E-state index is 12.6. The van der Waals surface area contributed by atoms with Crippen LogP contribution in [0, 0.1) is 5.82 Å². The van der Waals surface area contributed by atoms with Gasteiger partial charge < -0.3 is 10.1 Å². The third-order valence-electron chi connectivity index (χ3n) is 1.92. The van der Waals surface area contributed by atoms with Gasteiger partial charge in [-0.1, -0.05) is 0 Å². The van der Waals surface area contributed by atoms with E-state index in [1.54, 1.807) is 0 Å². The molecule has 1 heterocycles. The number of hydrogen-bond donors (Lipinski definition) is 2. The summed E-state index contributed by atoms with van der Waals surface area (Å²) < 4.78 is 12.6. The fourth-order valence-corrected chi connectivity index (χ4v) is 1.18. The van der Waals surface area contributed by atoms with Gasteiger partial charge in [0, 0.05) is 5.56 Å². The number of nitrogens with zero attached hydrogens (tertiary/aromatic N) is 1. The fourth-order valence-electron chi connectivity index (χ4n) is 1.18. The Morgan fingerprint density at radius 3 is 2.53 bits per heavy atom. The first-order chi connectivity index (χ1) is 7.16. The Bertz CT molecular complexity index is 490. The predicted octanol–water partition coefficient (Wildman–Crippen LogP) is 1.91. The summed E-state index contributed by atoms with van der Waals surface area (Å²) in [6, 6.07) is 5.64. The maximum Gasteiger partial charge on any atom is 0.353 e. The summed E-state index contributed by atoms with van der Waals surface area (Å²) in [5, 5.41) is 8.66. The molecule has 5 heteroatoms. The number of carboxylic acids is 1. The highest BCUT2D eigenvalue weighted by Gasteiger charge is 2.08. The molecular formula is C10H7FN2O2. The van der Waals surface area contributed by atoms with Gasteiger partial charge in [-0.3, -0.25) is 0 Å².